The molecule has 2 heterocycles. The van der Waals surface area contributed by atoms with Crippen molar-refractivity contribution in [3.63, 3.8) is 0 Å². The number of pyridine rings is 1. The Labute approximate surface area is 187 Å². The predicted molar refractivity (Wildman–Crippen MR) is 122 cm³/mol. The number of hydrogen-bond donors (Lipinski definition) is 2. The van der Waals surface area contributed by atoms with E-state index in [1.54, 1.807) is 60.9 Å². The summed E-state index contributed by atoms with van der Waals surface area (Å²) in [6.45, 7) is 3.05. The summed E-state index contributed by atoms with van der Waals surface area (Å²) in [7, 11) is -3.65. The van der Waals surface area contributed by atoms with Crippen molar-refractivity contribution in [2.24, 2.45) is 0 Å². The molecular formula is C23H24N4O4S. The first-order valence-corrected chi connectivity index (χ1v) is 11.7. The minimum absolute atomic E-state index is 0.123. The van der Waals surface area contributed by atoms with Crippen LogP contribution in [0.5, 0.6) is 0 Å². The van der Waals surface area contributed by atoms with Crippen molar-refractivity contribution in [3.8, 4) is 0 Å². The molecular weight excluding hydrogens is 428 g/mol. The molecule has 0 saturated carbocycles. The van der Waals surface area contributed by atoms with Gasteiger partial charge in [-0.2, -0.15) is 0 Å². The van der Waals surface area contributed by atoms with Crippen LogP contribution in [0.1, 0.15) is 15.9 Å². The van der Waals surface area contributed by atoms with E-state index < -0.39 is 10.0 Å². The summed E-state index contributed by atoms with van der Waals surface area (Å²) in [5, 5.41) is 2.76. The number of morpholine rings is 1. The van der Waals surface area contributed by atoms with Gasteiger partial charge >= 0.3 is 0 Å². The normalized spacial score (nSPS) is 14.2. The summed E-state index contributed by atoms with van der Waals surface area (Å²) in [6, 6.07) is 17.1. The van der Waals surface area contributed by atoms with E-state index in [-0.39, 0.29) is 17.3 Å². The number of sulfonamides is 1. The third-order valence-corrected chi connectivity index (χ3v) is 6.54. The number of carbonyl (C=O) groups excluding carboxylic acids is 1. The lowest BCUT2D eigenvalue weighted by Crippen LogP contribution is -2.36. The Hall–Kier alpha value is -3.27. The van der Waals surface area contributed by atoms with Crippen LogP contribution in [0.25, 0.3) is 0 Å². The number of hydrogen-bond acceptors (Lipinski definition) is 6. The van der Waals surface area contributed by atoms with E-state index in [0.717, 1.165) is 24.3 Å². The zero-order valence-corrected chi connectivity index (χ0v) is 18.2. The number of nitrogens with one attached hydrogen (secondary N) is 2. The first-order valence-electron chi connectivity index (χ1n) is 10.2. The number of ether oxygens (including phenoxy) is 1. The molecule has 2 aromatic carbocycles. The number of aromatic nitrogens is 1. The van der Waals surface area contributed by atoms with Gasteiger partial charge in [0.1, 0.15) is 0 Å². The van der Waals surface area contributed by atoms with Crippen molar-refractivity contribution in [1.82, 2.24) is 9.71 Å². The number of rotatable bonds is 7. The molecule has 166 valence electrons. The van der Waals surface area contributed by atoms with Gasteiger partial charge in [0.2, 0.25) is 10.0 Å². The summed E-state index contributed by atoms with van der Waals surface area (Å²) >= 11 is 0. The van der Waals surface area contributed by atoms with Crippen LogP contribution in [-0.4, -0.2) is 45.6 Å². The molecule has 0 unspecified atom stereocenters. The molecule has 9 heteroatoms. The topological polar surface area (TPSA) is 101 Å². The first-order chi connectivity index (χ1) is 15.5. The van der Waals surface area contributed by atoms with Crippen LogP contribution < -0.4 is 14.9 Å². The van der Waals surface area contributed by atoms with E-state index in [1.165, 1.54) is 0 Å². The Morgan fingerprint density at radius 1 is 1.00 bits per heavy atom. The summed E-state index contributed by atoms with van der Waals surface area (Å²) < 4.78 is 33.3. The summed E-state index contributed by atoms with van der Waals surface area (Å²) in [6.07, 6.45) is 3.19. The maximum Gasteiger partial charge on any atom is 0.255 e. The van der Waals surface area contributed by atoms with Gasteiger partial charge in [0.25, 0.3) is 5.91 Å². The maximum absolute atomic E-state index is 12.7. The number of nitrogens with zero attached hydrogens (tertiary/aromatic N) is 2. The van der Waals surface area contributed by atoms with Gasteiger partial charge in [0.15, 0.2) is 0 Å². The monoisotopic (exact) mass is 452 g/mol. The molecule has 32 heavy (non-hydrogen) atoms. The Morgan fingerprint density at radius 3 is 2.38 bits per heavy atom. The van der Waals surface area contributed by atoms with Crippen LogP contribution in [0.4, 0.5) is 11.4 Å². The molecule has 1 aromatic heterocycles. The average molecular weight is 453 g/mol. The molecule has 1 amide bonds. The molecule has 0 bridgehead atoms. The molecule has 0 spiro atoms. The summed E-state index contributed by atoms with van der Waals surface area (Å²) in [4.78, 5) is 18.6. The van der Waals surface area contributed by atoms with Crippen LogP contribution >= 0.6 is 0 Å². The van der Waals surface area contributed by atoms with Crippen molar-refractivity contribution < 1.29 is 17.9 Å². The Balaban J connectivity index is 1.34. The van der Waals surface area contributed by atoms with E-state index in [4.69, 9.17) is 4.74 Å². The molecule has 4 rings (SSSR count). The lowest BCUT2D eigenvalue weighted by atomic mass is 10.1. The minimum Gasteiger partial charge on any atom is -0.378 e. The van der Waals surface area contributed by atoms with Gasteiger partial charge in [0, 0.05) is 37.1 Å². The fourth-order valence-corrected chi connectivity index (χ4v) is 4.35. The standard InChI is InChI=1S/C23H24N4O4S/c28-23(26-20-2-1-11-24-17-20)19-5-3-18(4-6-19)16-25-32(29,30)22-9-7-21(8-10-22)27-12-14-31-15-13-27/h1-11,17,25H,12-16H2,(H,26,28). The highest BCUT2D eigenvalue weighted by molar-refractivity contribution is 7.89. The van der Waals surface area contributed by atoms with E-state index in [0.29, 0.717) is 24.5 Å². The van der Waals surface area contributed by atoms with Gasteiger partial charge in [-0.15, -0.1) is 0 Å². The lowest BCUT2D eigenvalue weighted by Gasteiger charge is -2.28. The molecule has 1 aliphatic rings. The van der Waals surface area contributed by atoms with Crippen molar-refractivity contribution in [2.45, 2.75) is 11.4 Å². The molecule has 1 fully saturated rings. The molecule has 0 aliphatic carbocycles. The molecule has 1 saturated heterocycles. The number of amides is 1. The van der Waals surface area contributed by atoms with Crippen LogP contribution in [0, 0.1) is 0 Å². The summed E-state index contributed by atoms with van der Waals surface area (Å²) in [5.74, 6) is -0.259. The largest absolute Gasteiger partial charge is 0.378 e. The van der Waals surface area contributed by atoms with E-state index in [2.05, 4.69) is 19.9 Å². The fraction of sp³-hybridized carbons (Fsp3) is 0.217. The van der Waals surface area contributed by atoms with E-state index in [1.807, 2.05) is 12.1 Å². The van der Waals surface area contributed by atoms with Crippen LogP contribution in [0.2, 0.25) is 0 Å². The van der Waals surface area contributed by atoms with Crippen molar-refractivity contribution in [3.05, 3.63) is 84.2 Å². The third-order valence-electron chi connectivity index (χ3n) is 5.13. The van der Waals surface area contributed by atoms with Gasteiger partial charge < -0.3 is 15.0 Å². The van der Waals surface area contributed by atoms with Gasteiger partial charge in [0.05, 0.1) is 30.0 Å². The van der Waals surface area contributed by atoms with Gasteiger partial charge in [-0.25, -0.2) is 13.1 Å². The zero-order chi connectivity index (χ0) is 22.4. The molecule has 8 nitrogen and oxygen atoms in total. The van der Waals surface area contributed by atoms with Crippen LogP contribution in [0.15, 0.2) is 78.0 Å². The van der Waals surface area contributed by atoms with Crippen molar-refractivity contribution >= 4 is 27.3 Å². The predicted octanol–water partition coefficient (Wildman–Crippen LogP) is 2.65. The second-order valence-electron chi connectivity index (χ2n) is 7.31. The van der Waals surface area contributed by atoms with Crippen LogP contribution in [-0.2, 0) is 21.3 Å². The quantitative estimate of drug-likeness (QED) is 0.572. The van der Waals surface area contributed by atoms with Crippen molar-refractivity contribution in [1.29, 1.82) is 0 Å². The first kappa shape index (κ1) is 21.9. The zero-order valence-electron chi connectivity index (χ0n) is 17.4. The highest BCUT2D eigenvalue weighted by Gasteiger charge is 2.16. The smallest absolute Gasteiger partial charge is 0.255 e. The highest BCUT2D eigenvalue weighted by atomic mass is 32.2. The number of carbonyl (C=O) groups is 1. The molecule has 0 radical (unpaired) electrons. The Kier molecular flexibility index (Phi) is 6.79. The maximum atomic E-state index is 12.7. The Morgan fingerprint density at radius 2 is 1.72 bits per heavy atom. The second-order valence-corrected chi connectivity index (χ2v) is 9.08. The van der Waals surface area contributed by atoms with Gasteiger partial charge in [-0.1, -0.05) is 12.1 Å². The second kappa shape index (κ2) is 9.90. The van der Waals surface area contributed by atoms with Crippen molar-refractivity contribution in [2.75, 3.05) is 36.5 Å². The Bertz CT molecular complexity index is 1140. The molecule has 3 aromatic rings. The fourth-order valence-electron chi connectivity index (χ4n) is 3.33. The molecule has 2 N–H and O–H groups in total. The summed E-state index contributed by atoms with van der Waals surface area (Å²) in [5.41, 5.74) is 2.80. The van der Waals surface area contributed by atoms with Crippen LogP contribution in [0.3, 0.4) is 0 Å². The molecule has 0 atom stereocenters. The lowest BCUT2D eigenvalue weighted by molar-refractivity contribution is 0.102. The van der Waals surface area contributed by atoms with E-state index in [9.17, 15) is 13.2 Å². The molecule has 1 aliphatic heterocycles. The van der Waals surface area contributed by atoms with Gasteiger partial charge in [-0.05, 0) is 54.1 Å². The average Bonchev–Trinajstić information content (AvgIpc) is 2.84. The third kappa shape index (κ3) is 5.50. The number of anilines is 2. The van der Waals surface area contributed by atoms with E-state index >= 15 is 0 Å². The minimum atomic E-state index is -3.65. The number of benzene rings is 2. The highest BCUT2D eigenvalue weighted by Crippen LogP contribution is 2.19. The SMILES string of the molecule is O=C(Nc1cccnc1)c1ccc(CNS(=O)(=O)c2ccc(N3CCOCC3)cc2)cc1. The van der Waals surface area contributed by atoms with Gasteiger partial charge in [-0.3, -0.25) is 9.78 Å².